The minimum Gasteiger partial charge on any atom is -0.463 e. The molecule has 0 spiro atoms. The zero-order valence-corrected chi connectivity index (χ0v) is 91.0. The zero-order chi connectivity index (χ0) is 91.3. The lowest BCUT2D eigenvalue weighted by Crippen LogP contribution is -2.64. The molecule has 0 aliphatic carbocycles. The molecule has 0 radical (unpaired) electrons. The molecule has 0 saturated carbocycles. The molecule has 0 bridgehead atoms. The summed E-state index contributed by atoms with van der Waals surface area (Å²) in [6.45, 7) is 85.0. The number of benzene rings is 3. The first kappa shape index (κ1) is 125. The van der Waals surface area contributed by atoms with E-state index in [4.69, 9.17) is 15.2 Å². The average Bonchev–Trinajstić information content (AvgIpc) is 0.771. The van der Waals surface area contributed by atoms with Crippen molar-refractivity contribution in [3.8, 4) is 0 Å². The molecule has 0 saturated heterocycles. The number of imide groups is 2. The van der Waals surface area contributed by atoms with Crippen LogP contribution in [0.3, 0.4) is 0 Å². The van der Waals surface area contributed by atoms with Gasteiger partial charge in [-0.2, -0.15) is 0 Å². The van der Waals surface area contributed by atoms with Crippen LogP contribution in [0.1, 0.15) is 230 Å². The number of amides is 4. The Bertz CT molecular complexity index is 2740. The maximum atomic E-state index is 11.1. The van der Waals surface area contributed by atoms with E-state index in [2.05, 4.69) is 289 Å². The van der Waals surface area contributed by atoms with Gasteiger partial charge in [0.05, 0.1) is 13.2 Å². The third-order valence-corrected chi connectivity index (χ3v) is 35.8. The van der Waals surface area contributed by atoms with Crippen LogP contribution in [0.15, 0.2) is 116 Å². The smallest absolute Gasteiger partial charge is 0.333 e. The SMILES string of the molecule is C=C(C)C(=O)OCC[Si](C)(C)C.C=CC(=O)OCC[Si](C)(C)C.CC(C)[Si](C)(C)C.CCCCCCCCCCCC[Si](C)(C)C.CCCCCCCCN(C(C)=O)C(C)=O.CCCCCCCC[Si](C)(C)C.CCCCN(C(C)=O)C(C)=O.C[Si](C)(C)C.C[Si](C)(C)CCN.C[Si](c1ccccc1)(c1ccccc1)c1ccccc1. The first-order valence-electron chi connectivity index (χ1n) is 45.5. The molecule has 116 heavy (non-hydrogen) atoms. The molecule has 0 atom stereocenters. The summed E-state index contributed by atoms with van der Waals surface area (Å²) < 4.78 is 9.82. The Balaban J connectivity index is -0.000000232. The Morgan fingerprint density at radius 1 is 0.362 bits per heavy atom. The molecule has 0 unspecified atom stereocenters. The second-order valence-corrected chi connectivity index (χ2v) is 84.8. The molecule has 11 nitrogen and oxygen atoms in total. The summed E-state index contributed by atoms with van der Waals surface area (Å²) in [7, 11) is -7.59. The molecule has 676 valence electrons. The van der Waals surface area contributed by atoms with E-state index in [-0.39, 0.29) is 35.6 Å². The monoisotopic (exact) mass is 1750 g/mol. The van der Waals surface area contributed by atoms with Gasteiger partial charge in [0.15, 0.2) is 0 Å². The van der Waals surface area contributed by atoms with Gasteiger partial charge in [-0.25, -0.2) is 9.59 Å². The zero-order valence-electron chi connectivity index (χ0n) is 83.0. The fourth-order valence-corrected chi connectivity index (χ4v) is 18.8. The van der Waals surface area contributed by atoms with E-state index in [9.17, 15) is 28.8 Å². The van der Waals surface area contributed by atoms with Gasteiger partial charge in [0.2, 0.25) is 23.6 Å². The molecule has 4 amide bonds. The molecule has 3 aromatic rings. The highest BCUT2D eigenvalue weighted by Crippen LogP contribution is 2.20. The third-order valence-electron chi connectivity index (χ3n) is 18.9. The number of ether oxygens (including phenoxy) is 2. The summed E-state index contributed by atoms with van der Waals surface area (Å²) in [5, 5.41) is 4.37. The van der Waals surface area contributed by atoms with Gasteiger partial charge >= 0.3 is 11.9 Å². The van der Waals surface area contributed by atoms with E-state index < -0.39 is 64.6 Å². The number of carbonyl (C=O) groups excluding carboxylic acids is 6. The van der Waals surface area contributed by atoms with Gasteiger partial charge in [0, 0.05) is 109 Å². The standard InChI is InChI=1S/C19H18Si.C15H34Si.C12H23NO2.C11H26Si.C9H18O2Si.C8H15NO2.C8H16O2Si.C6H16Si.C5H15NSi.C4H12Si/c1-20(17-11-5-2-6-12-17,18-13-7-3-8-14-18)19-15-9-4-10-16-19;1-5-6-7-8-9-10-11-12-13-14-15-16(2,3)4;1-4-5-6-7-8-9-10-13(11(2)14)12(3)15;1-5-6-7-8-9-10-11-12(2,3)4;1-8(2)9(10)11-6-7-12(3,4)5;1-4-5-6-9(7(2)10)8(3)11;1-5-8(9)10-6-7-11(2,3)4;1-6(2)7(3,4)5;1-7(2,3)5-4-6;1-5(2,3)4/h2-16H,1H3;5-15H2,1-4H3;4-10H2,1-3H3;5-11H2,1-4H3;1,6-7H2,2-5H3;4-6H2,1-3H3;5H,1,6-7H2,2-4H3;6H,1-5H3;4-6H2,1-3H3;1-4H3. The Morgan fingerprint density at radius 3 is 0.802 bits per heavy atom. The molecule has 3 aromatic carbocycles. The molecule has 0 aromatic heterocycles. The normalized spacial score (nSPS) is 11.2. The van der Waals surface area contributed by atoms with Crippen molar-refractivity contribution in [2.75, 3.05) is 32.8 Å². The molecule has 2 N–H and O–H groups in total. The van der Waals surface area contributed by atoms with Gasteiger partial charge in [-0.15, -0.1) is 0 Å². The lowest BCUT2D eigenvalue weighted by atomic mass is 10.1. The second kappa shape index (κ2) is 73.7. The number of hydrogen-bond donors (Lipinski definition) is 1. The van der Waals surface area contributed by atoms with Gasteiger partial charge in [0.1, 0.15) is 8.07 Å². The van der Waals surface area contributed by atoms with Crippen LogP contribution in [0.2, 0.25) is 186 Å². The van der Waals surface area contributed by atoms with E-state index in [0.29, 0.717) is 31.9 Å². The molecule has 0 fully saturated rings. The minimum atomic E-state index is -1.88. The molecular weight excluding hydrogens is 1560 g/mol. The largest absolute Gasteiger partial charge is 0.463 e. The lowest BCUT2D eigenvalue weighted by Gasteiger charge is -2.29. The number of rotatable bonds is 42. The van der Waals surface area contributed by atoms with E-state index in [1.165, 1.54) is 206 Å². The van der Waals surface area contributed by atoms with Gasteiger partial charge in [-0.1, -0.05) is 455 Å². The van der Waals surface area contributed by atoms with Crippen LogP contribution in [0.25, 0.3) is 0 Å². The fraction of sp³-hybridized carbons (Fsp3) is 0.711. The van der Waals surface area contributed by atoms with Crippen LogP contribution < -0.4 is 21.3 Å². The van der Waals surface area contributed by atoms with Crippen LogP contribution in [-0.4, -0.2) is 143 Å². The number of nitrogens with two attached hydrogens (primary N) is 1. The van der Waals surface area contributed by atoms with Crippen molar-refractivity contribution in [2.24, 2.45) is 5.73 Å². The van der Waals surface area contributed by atoms with Crippen molar-refractivity contribution >= 4 is 116 Å². The molecule has 0 heterocycles. The lowest BCUT2D eigenvalue weighted by molar-refractivity contribution is -0.143. The highest BCUT2D eigenvalue weighted by atomic mass is 28.3. The summed E-state index contributed by atoms with van der Waals surface area (Å²) in [5.74, 6) is -1.19. The number of nitrogens with zero attached hydrogens (tertiary/aromatic N) is 2. The van der Waals surface area contributed by atoms with Crippen LogP contribution in [0.4, 0.5) is 0 Å². The Morgan fingerprint density at radius 2 is 0.595 bits per heavy atom. The minimum absolute atomic E-state index is 0.143. The van der Waals surface area contributed by atoms with Gasteiger partial charge in [0.25, 0.3) is 0 Å². The summed E-state index contributed by atoms with van der Waals surface area (Å²) in [5.41, 5.74) is 6.76. The summed E-state index contributed by atoms with van der Waals surface area (Å²) in [4.78, 5) is 67.8. The van der Waals surface area contributed by atoms with E-state index in [0.717, 1.165) is 49.9 Å². The fourth-order valence-electron chi connectivity index (χ4n) is 10.4. The van der Waals surface area contributed by atoms with Gasteiger partial charge < -0.3 is 15.2 Å². The maximum Gasteiger partial charge on any atom is 0.333 e. The second-order valence-electron chi connectivity index (χ2n) is 40.8. The third kappa shape index (κ3) is 93.9. The highest BCUT2D eigenvalue weighted by Gasteiger charge is 2.33. The van der Waals surface area contributed by atoms with E-state index in [1.807, 2.05) is 6.92 Å². The number of hydrogen-bond acceptors (Lipinski definition) is 9. The topological polar surface area (TPSA) is 153 Å². The van der Waals surface area contributed by atoms with Crippen LogP contribution in [0.5, 0.6) is 0 Å². The maximum absolute atomic E-state index is 11.1. The first-order valence-corrected chi connectivity index (χ1v) is 74.1. The van der Waals surface area contributed by atoms with Crippen molar-refractivity contribution in [3.63, 3.8) is 0 Å². The molecule has 19 heteroatoms. The summed E-state index contributed by atoms with van der Waals surface area (Å²) >= 11 is 0. The highest BCUT2D eigenvalue weighted by molar-refractivity contribution is 7.10. The average molecular weight is 1750 g/mol. The predicted molar refractivity (Wildman–Crippen MR) is 544 cm³/mol. The van der Waals surface area contributed by atoms with Gasteiger partial charge in [-0.3, -0.25) is 29.0 Å². The first-order chi connectivity index (χ1) is 53.4. The Hall–Kier alpha value is -3.94. The van der Waals surface area contributed by atoms with Crippen LogP contribution in [0, 0.1) is 0 Å². The molecule has 0 aliphatic rings. The molecule has 3 rings (SSSR count). The van der Waals surface area contributed by atoms with Crippen molar-refractivity contribution < 1.29 is 38.2 Å². The summed E-state index contributed by atoms with van der Waals surface area (Å²) in [6, 6.07) is 39.1. The predicted octanol–water partition coefficient (Wildman–Crippen LogP) is 28.1. The van der Waals surface area contributed by atoms with Crippen LogP contribution in [-0.2, 0) is 38.2 Å². The number of esters is 2. The number of unbranched alkanes of at least 4 members (excludes halogenated alkanes) is 20. The van der Waals surface area contributed by atoms with E-state index in [1.54, 1.807) is 6.92 Å². The quantitative estimate of drug-likeness (QED) is 0.0192. The van der Waals surface area contributed by atoms with Gasteiger partial charge in [-0.05, 0) is 60.0 Å². The van der Waals surface area contributed by atoms with Crippen LogP contribution >= 0.6 is 0 Å². The van der Waals surface area contributed by atoms with Crippen molar-refractivity contribution in [1.29, 1.82) is 0 Å². The number of carbonyl (C=O) groups is 6. The van der Waals surface area contributed by atoms with Crippen molar-refractivity contribution in [1.82, 2.24) is 9.80 Å². The summed E-state index contributed by atoms with van der Waals surface area (Å²) in [6.07, 6.45) is 33.5. The molecule has 0 aliphatic heterocycles. The Kier molecular flexibility index (Phi) is 79.6. The van der Waals surface area contributed by atoms with Crippen molar-refractivity contribution in [3.05, 3.63) is 116 Å². The van der Waals surface area contributed by atoms with E-state index >= 15 is 0 Å². The van der Waals surface area contributed by atoms with Crippen molar-refractivity contribution in [2.45, 2.75) is 417 Å². The molecular formula is C97H193N3O8Si8. The Labute approximate surface area is 729 Å².